The lowest BCUT2D eigenvalue weighted by molar-refractivity contribution is -0.0139. The number of ether oxygens (including phenoxy) is 1. The molecule has 0 amide bonds. The van der Waals surface area contributed by atoms with Gasteiger partial charge in [-0.15, -0.1) is 0 Å². The highest BCUT2D eigenvalue weighted by Gasteiger charge is 2.15. The fourth-order valence-corrected chi connectivity index (χ4v) is 1.79. The van der Waals surface area contributed by atoms with Crippen molar-refractivity contribution in [3.8, 4) is 0 Å². The van der Waals surface area contributed by atoms with Gasteiger partial charge >= 0.3 is 0 Å². The second kappa shape index (κ2) is 6.35. The molecule has 2 nitrogen and oxygen atoms in total. The van der Waals surface area contributed by atoms with Crippen molar-refractivity contribution >= 4 is 0 Å². The molecule has 0 saturated heterocycles. The largest absolute Gasteiger partial charge is 0.374 e. The van der Waals surface area contributed by atoms with Crippen LogP contribution in [0.2, 0.25) is 0 Å². The highest BCUT2D eigenvalue weighted by Crippen LogP contribution is 2.20. The Labute approximate surface area is 112 Å². The highest BCUT2D eigenvalue weighted by atomic mass is 16.5. The van der Waals surface area contributed by atoms with Gasteiger partial charge < -0.3 is 10.1 Å². The highest BCUT2D eigenvalue weighted by molar-refractivity contribution is 5.26. The number of rotatable bonds is 5. The average molecular weight is 249 g/mol. The van der Waals surface area contributed by atoms with Gasteiger partial charge in [0.05, 0.1) is 18.2 Å². The van der Waals surface area contributed by atoms with E-state index in [1.54, 1.807) is 0 Å². The maximum Gasteiger partial charge on any atom is 0.0668 e. The maximum absolute atomic E-state index is 5.85. The molecule has 2 heteroatoms. The van der Waals surface area contributed by atoms with Crippen molar-refractivity contribution in [3.05, 3.63) is 35.4 Å². The van der Waals surface area contributed by atoms with Crippen molar-refractivity contribution in [3.63, 3.8) is 0 Å². The Kier molecular flexibility index (Phi) is 5.36. The molecule has 18 heavy (non-hydrogen) atoms. The molecule has 0 bridgehead atoms. The zero-order valence-corrected chi connectivity index (χ0v) is 12.6. The average Bonchev–Trinajstić information content (AvgIpc) is 2.29. The van der Waals surface area contributed by atoms with E-state index < -0.39 is 0 Å². The number of hydrogen-bond donors (Lipinski definition) is 1. The number of nitrogens with one attached hydrogen (secondary N) is 1. The van der Waals surface area contributed by atoms with Crippen molar-refractivity contribution in [2.45, 2.75) is 52.2 Å². The predicted molar refractivity (Wildman–Crippen MR) is 78.0 cm³/mol. The summed E-state index contributed by atoms with van der Waals surface area (Å²) in [6, 6.07) is 9.07. The molecule has 0 spiro atoms. The number of benzene rings is 1. The Morgan fingerprint density at radius 2 is 1.56 bits per heavy atom. The quantitative estimate of drug-likeness (QED) is 0.855. The monoisotopic (exact) mass is 249 g/mol. The lowest BCUT2D eigenvalue weighted by Gasteiger charge is -2.24. The molecule has 1 atom stereocenters. The molecule has 1 N–H and O–H groups in total. The van der Waals surface area contributed by atoms with Gasteiger partial charge in [0.15, 0.2) is 0 Å². The summed E-state index contributed by atoms with van der Waals surface area (Å²) in [5.41, 5.74) is 2.57. The summed E-state index contributed by atoms with van der Waals surface area (Å²) in [7, 11) is 1.98. The van der Waals surface area contributed by atoms with Crippen molar-refractivity contribution in [2.75, 3.05) is 13.7 Å². The van der Waals surface area contributed by atoms with E-state index in [0.29, 0.717) is 12.5 Å². The van der Waals surface area contributed by atoms with E-state index >= 15 is 0 Å². The molecule has 0 saturated carbocycles. The number of likely N-dealkylation sites (N-methyl/N-ethyl adjacent to an activating group) is 1. The fraction of sp³-hybridized carbons (Fsp3) is 0.625. The van der Waals surface area contributed by atoms with Crippen LogP contribution in [0.1, 0.15) is 57.7 Å². The predicted octanol–water partition coefficient (Wildman–Crippen LogP) is 3.89. The first kappa shape index (κ1) is 15.2. The first-order valence-corrected chi connectivity index (χ1v) is 6.74. The van der Waals surface area contributed by atoms with Gasteiger partial charge in [0.25, 0.3) is 0 Å². The van der Waals surface area contributed by atoms with E-state index in [4.69, 9.17) is 4.74 Å². The molecule has 1 aromatic carbocycles. The van der Waals surface area contributed by atoms with Crippen molar-refractivity contribution in [1.82, 2.24) is 5.32 Å². The zero-order chi connectivity index (χ0) is 13.8. The standard InChI is InChI=1S/C16H27NO/c1-12(2)13-7-9-14(10-8-13)15(17-6)11-18-16(3,4)5/h7-10,12,15,17H,11H2,1-6H3. The van der Waals surface area contributed by atoms with Gasteiger partial charge in [-0.05, 0) is 44.9 Å². The van der Waals surface area contributed by atoms with E-state index in [-0.39, 0.29) is 11.6 Å². The summed E-state index contributed by atoms with van der Waals surface area (Å²) >= 11 is 0. The third kappa shape index (κ3) is 4.79. The Morgan fingerprint density at radius 1 is 1.06 bits per heavy atom. The third-order valence-corrected chi connectivity index (χ3v) is 3.04. The van der Waals surface area contributed by atoms with Crippen LogP contribution in [0.15, 0.2) is 24.3 Å². The summed E-state index contributed by atoms with van der Waals surface area (Å²) in [6.07, 6.45) is 0. The van der Waals surface area contributed by atoms with Crippen LogP contribution in [0.4, 0.5) is 0 Å². The Morgan fingerprint density at radius 3 is 1.94 bits per heavy atom. The molecule has 0 fully saturated rings. The van der Waals surface area contributed by atoms with Gasteiger partial charge in [-0.3, -0.25) is 0 Å². The van der Waals surface area contributed by atoms with Gasteiger partial charge in [-0.25, -0.2) is 0 Å². The smallest absolute Gasteiger partial charge is 0.0668 e. The fourth-order valence-electron chi connectivity index (χ4n) is 1.79. The molecule has 1 rings (SSSR count). The Balaban J connectivity index is 2.70. The van der Waals surface area contributed by atoms with Crippen LogP contribution in [0.5, 0.6) is 0 Å². The molecule has 102 valence electrons. The minimum Gasteiger partial charge on any atom is -0.374 e. The minimum absolute atomic E-state index is 0.0903. The van der Waals surface area contributed by atoms with Crippen LogP contribution >= 0.6 is 0 Å². The minimum atomic E-state index is -0.0903. The van der Waals surface area contributed by atoms with E-state index in [1.165, 1.54) is 11.1 Å². The summed E-state index contributed by atoms with van der Waals surface area (Å²) in [6.45, 7) is 11.4. The van der Waals surface area contributed by atoms with Crippen LogP contribution in [-0.4, -0.2) is 19.3 Å². The van der Waals surface area contributed by atoms with E-state index in [9.17, 15) is 0 Å². The van der Waals surface area contributed by atoms with Crippen LogP contribution in [-0.2, 0) is 4.74 Å². The maximum atomic E-state index is 5.85. The van der Waals surface area contributed by atoms with Crippen LogP contribution in [0.3, 0.4) is 0 Å². The van der Waals surface area contributed by atoms with Gasteiger partial charge in [0.1, 0.15) is 0 Å². The lowest BCUT2D eigenvalue weighted by Crippen LogP contribution is -2.28. The van der Waals surface area contributed by atoms with Crippen LogP contribution < -0.4 is 5.32 Å². The summed E-state index contributed by atoms with van der Waals surface area (Å²) in [5.74, 6) is 0.581. The zero-order valence-electron chi connectivity index (χ0n) is 12.6. The Bertz CT molecular complexity index is 348. The molecule has 0 radical (unpaired) electrons. The second-order valence-electron chi connectivity index (χ2n) is 6.09. The lowest BCUT2D eigenvalue weighted by atomic mass is 9.99. The van der Waals surface area contributed by atoms with Gasteiger partial charge in [-0.2, -0.15) is 0 Å². The molecule has 0 aliphatic heterocycles. The molecular weight excluding hydrogens is 222 g/mol. The van der Waals surface area contributed by atoms with E-state index in [0.717, 1.165) is 0 Å². The third-order valence-electron chi connectivity index (χ3n) is 3.04. The first-order valence-electron chi connectivity index (χ1n) is 6.74. The number of hydrogen-bond acceptors (Lipinski definition) is 2. The van der Waals surface area contributed by atoms with Gasteiger partial charge in [-0.1, -0.05) is 38.1 Å². The van der Waals surface area contributed by atoms with E-state index in [2.05, 4.69) is 64.2 Å². The van der Waals surface area contributed by atoms with Crippen LogP contribution in [0, 0.1) is 0 Å². The SMILES string of the molecule is CNC(COC(C)(C)C)c1ccc(C(C)C)cc1. The Hall–Kier alpha value is -0.860. The van der Waals surface area contributed by atoms with E-state index in [1.807, 2.05) is 7.05 Å². The first-order chi connectivity index (χ1) is 8.33. The normalized spacial score (nSPS) is 13.9. The molecule has 0 aliphatic carbocycles. The second-order valence-corrected chi connectivity index (χ2v) is 6.09. The van der Waals surface area contributed by atoms with Crippen LogP contribution in [0.25, 0.3) is 0 Å². The molecular formula is C16H27NO. The van der Waals surface area contributed by atoms with Crippen molar-refractivity contribution in [2.24, 2.45) is 0 Å². The molecule has 1 unspecified atom stereocenters. The molecule has 1 aromatic rings. The molecule has 0 aromatic heterocycles. The summed E-state index contributed by atoms with van der Waals surface area (Å²) in [5, 5.41) is 3.31. The van der Waals surface area contributed by atoms with Gasteiger partial charge in [0, 0.05) is 0 Å². The summed E-state index contributed by atoms with van der Waals surface area (Å²) in [4.78, 5) is 0. The van der Waals surface area contributed by atoms with Crippen molar-refractivity contribution < 1.29 is 4.74 Å². The topological polar surface area (TPSA) is 21.3 Å². The summed E-state index contributed by atoms with van der Waals surface area (Å²) < 4.78 is 5.85. The molecule has 0 aliphatic rings. The van der Waals surface area contributed by atoms with Crippen molar-refractivity contribution in [1.29, 1.82) is 0 Å². The van der Waals surface area contributed by atoms with Gasteiger partial charge in [0.2, 0.25) is 0 Å². The molecule has 0 heterocycles.